The lowest BCUT2D eigenvalue weighted by atomic mass is 10.1. The predicted molar refractivity (Wildman–Crippen MR) is 103 cm³/mol. The maximum absolute atomic E-state index is 13.0. The van der Waals surface area contributed by atoms with Crippen molar-refractivity contribution in [3.63, 3.8) is 0 Å². The molecule has 4 rings (SSSR count). The average molecular weight is 449 g/mol. The number of hydrogen-bond donors (Lipinski definition) is 2. The number of nitrogens with zero attached hydrogens (tertiary/aromatic N) is 3. The second-order valence-corrected chi connectivity index (χ2v) is 6.89. The Labute approximate surface area is 165 Å². The number of nitrogens with one attached hydrogen (secondary N) is 1. The first kappa shape index (κ1) is 18.3. The van der Waals surface area contributed by atoms with E-state index >= 15 is 0 Å². The number of aromatic hydroxyl groups is 1. The number of phenols is 1. The van der Waals surface area contributed by atoms with Crippen LogP contribution in [0.15, 0.2) is 65.5 Å². The number of anilines is 2. The molecule has 2 N–H and O–H groups in total. The Bertz CT molecular complexity index is 1170. The van der Waals surface area contributed by atoms with E-state index in [0.29, 0.717) is 22.7 Å². The standard InChI is InChI=1S/C19H12BrF3N4O/c20-12-4-5-15(28)14(9-12)17-18(27-7-6-24-10-16(27)26-17)25-13-3-1-2-11(8-13)19(21,22)23/h1-10,25,28H. The van der Waals surface area contributed by atoms with Gasteiger partial charge in [0, 0.05) is 28.1 Å². The quantitative estimate of drug-likeness (QED) is 0.426. The lowest BCUT2D eigenvalue weighted by Crippen LogP contribution is -2.05. The second kappa shape index (κ2) is 6.83. The van der Waals surface area contributed by atoms with Crippen LogP contribution in [0.2, 0.25) is 0 Å². The molecule has 0 unspecified atom stereocenters. The molecule has 0 atom stereocenters. The van der Waals surface area contributed by atoms with Crippen molar-refractivity contribution in [2.24, 2.45) is 0 Å². The van der Waals surface area contributed by atoms with E-state index in [0.717, 1.165) is 16.6 Å². The molecule has 9 heteroatoms. The van der Waals surface area contributed by atoms with E-state index in [1.54, 1.807) is 22.7 Å². The van der Waals surface area contributed by atoms with E-state index in [1.165, 1.54) is 30.6 Å². The van der Waals surface area contributed by atoms with Gasteiger partial charge >= 0.3 is 6.18 Å². The zero-order valence-electron chi connectivity index (χ0n) is 14.1. The summed E-state index contributed by atoms with van der Waals surface area (Å²) in [6, 6.07) is 9.75. The minimum absolute atomic E-state index is 0.00772. The molecule has 4 aromatic rings. The SMILES string of the molecule is Oc1ccc(Br)cc1-c1nc2cnccn2c1Nc1cccc(C(F)(F)F)c1. The Morgan fingerprint density at radius 3 is 2.71 bits per heavy atom. The summed E-state index contributed by atoms with van der Waals surface area (Å²) in [5, 5.41) is 13.3. The molecule has 5 nitrogen and oxygen atoms in total. The first-order valence-electron chi connectivity index (χ1n) is 8.08. The summed E-state index contributed by atoms with van der Waals surface area (Å²) in [4.78, 5) is 8.51. The molecule has 0 saturated heterocycles. The second-order valence-electron chi connectivity index (χ2n) is 5.98. The molecule has 0 bridgehead atoms. The lowest BCUT2D eigenvalue weighted by molar-refractivity contribution is -0.137. The van der Waals surface area contributed by atoms with Crippen LogP contribution in [-0.4, -0.2) is 19.5 Å². The largest absolute Gasteiger partial charge is 0.507 e. The number of halogens is 4. The minimum atomic E-state index is -4.45. The van der Waals surface area contributed by atoms with Crippen molar-refractivity contribution in [2.75, 3.05) is 5.32 Å². The Hall–Kier alpha value is -3.07. The fourth-order valence-corrected chi connectivity index (χ4v) is 3.18. The van der Waals surface area contributed by atoms with Crippen LogP contribution in [0.5, 0.6) is 5.75 Å². The number of benzene rings is 2. The van der Waals surface area contributed by atoms with Crippen LogP contribution in [0, 0.1) is 0 Å². The van der Waals surface area contributed by atoms with Crippen molar-refractivity contribution >= 4 is 33.1 Å². The van der Waals surface area contributed by atoms with Crippen molar-refractivity contribution in [1.29, 1.82) is 0 Å². The normalized spacial score (nSPS) is 11.7. The molecule has 0 spiro atoms. The molecule has 28 heavy (non-hydrogen) atoms. The van der Waals surface area contributed by atoms with Crippen molar-refractivity contribution in [1.82, 2.24) is 14.4 Å². The fraction of sp³-hybridized carbons (Fsp3) is 0.0526. The predicted octanol–water partition coefficient (Wildman–Crippen LogP) is 5.63. The highest BCUT2D eigenvalue weighted by Gasteiger charge is 2.30. The fourth-order valence-electron chi connectivity index (χ4n) is 2.82. The van der Waals surface area contributed by atoms with Gasteiger partial charge in [-0.2, -0.15) is 13.2 Å². The Kier molecular flexibility index (Phi) is 4.46. The molecule has 0 radical (unpaired) electrons. The van der Waals surface area contributed by atoms with E-state index in [4.69, 9.17) is 0 Å². The van der Waals surface area contributed by atoms with Gasteiger partial charge in [-0.3, -0.25) is 9.38 Å². The highest BCUT2D eigenvalue weighted by Crippen LogP contribution is 2.38. The van der Waals surface area contributed by atoms with E-state index in [1.807, 2.05) is 0 Å². The number of phenolic OH excluding ortho intramolecular Hbond substituents is 1. The number of fused-ring (bicyclic) bond motifs is 1. The zero-order chi connectivity index (χ0) is 19.9. The third kappa shape index (κ3) is 3.40. The van der Waals surface area contributed by atoms with Gasteiger partial charge in [0.2, 0.25) is 0 Å². The summed E-state index contributed by atoms with van der Waals surface area (Å²) >= 11 is 3.36. The van der Waals surface area contributed by atoms with Gasteiger partial charge in [0.05, 0.1) is 11.8 Å². The summed E-state index contributed by atoms with van der Waals surface area (Å²) in [6.07, 6.45) is 0.246. The van der Waals surface area contributed by atoms with Crippen LogP contribution in [0.1, 0.15) is 5.56 Å². The topological polar surface area (TPSA) is 62.5 Å². The molecule has 0 fully saturated rings. The summed E-state index contributed by atoms with van der Waals surface area (Å²) in [5.41, 5.74) is 0.757. The summed E-state index contributed by atoms with van der Waals surface area (Å²) in [5.74, 6) is 0.400. The van der Waals surface area contributed by atoms with Crippen LogP contribution < -0.4 is 5.32 Å². The average Bonchev–Trinajstić information content (AvgIpc) is 3.02. The third-order valence-electron chi connectivity index (χ3n) is 4.10. The Morgan fingerprint density at radius 2 is 1.93 bits per heavy atom. The van der Waals surface area contributed by atoms with Crippen LogP contribution in [0.4, 0.5) is 24.7 Å². The number of aromatic nitrogens is 3. The van der Waals surface area contributed by atoms with E-state index in [9.17, 15) is 18.3 Å². The molecule has 0 amide bonds. The van der Waals surface area contributed by atoms with Gasteiger partial charge in [-0.25, -0.2) is 4.98 Å². The third-order valence-corrected chi connectivity index (χ3v) is 4.59. The smallest absolute Gasteiger partial charge is 0.416 e. The first-order valence-corrected chi connectivity index (χ1v) is 8.87. The van der Waals surface area contributed by atoms with Crippen molar-refractivity contribution < 1.29 is 18.3 Å². The van der Waals surface area contributed by atoms with Gasteiger partial charge in [0.25, 0.3) is 0 Å². The van der Waals surface area contributed by atoms with Crippen LogP contribution in [0.3, 0.4) is 0 Å². The lowest BCUT2D eigenvalue weighted by Gasteiger charge is -2.12. The highest BCUT2D eigenvalue weighted by atomic mass is 79.9. The number of alkyl halides is 3. The van der Waals surface area contributed by atoms with Crippen molar-refractivity contribution in [3.05, 3.63) is 71.1 Å². The van der Waals surface area contributed by atoms with E-state index < -0.39 is 11.7 Å². The van der Waals surface area contributed by atoms with Crippen LogP contribution in [-0.2, 0) is 6.18 Å². The maximum atomic E-state index is 13.0. The maximum Gasteiger partial charge on any atom is 0.416 e. The number of imidazole rings is 1. The summed E-state index contributed by atoms with van der Waals surface area (Å²) in [6.45, 7) is 0. The van der Waals surface area contributed by atoms with E-state index in [2.05, 4.69) is 31.2 Å². The Balaban J connectivity index is 1.88. The van der Waals surface area contributed by atoms with Crippen LogP contribution >= 0.6 is 15.9 Å². The van der Waals surface area contributed by atoms with Crippen LogP contribution in [0.25, 0.3) is 16.9 Å². The van der Waals surface area contributed by atoms with Gasteiger partial charge in [0.15, 0.2) is 5.65 Å². The van der Waals surface area contributed by atoms with Gasteiger partial charge in [-0.15, -0.1) is 0 Å². The summed E-state index contributed by atoms with van der Waals surface area (Å²) < 4.78 is 41.5. The first-order chi connectivity index (χ1) is 13.3. The van der Waals surface area contributed by atoms with Crippen molar-refractivity contribution in [2.45, 2.75) is 6.18 Å². The minimum Gasteiger partial charge on any atom is -0.507 e. The molecule has 2 heterocycles. The molecule has 0 aliphatic carbocycles. The molecule has 0 aliphatic rings. The zero-order valence-corrected chi connectivity index (χ0v) is 15.7. The molecule has 0 aliphatic heterocycles. The number of hydrogen-bond acceptors (Lipinski definition) is 4. The molecular formula is C19H12BrF3N4O. The van der Waals surface area contributed by atoms with Gasteiger partial charge in [-0.05, 0) is 36.4 Å². The molecule has 0 saturated carbocycles. The van der Waals surface area contributed by atoms with Gasteiger partial charge in [-0.1, -0.05) is 22.0 Å². The summed E-state index contributed by atoms with van der Waals surface area (Å²) in [7, 11) is 0. The number of rotatable bonds is 3. The van der Waals surface area contributed by atoms with Crippen molar-refractivity contribution in [3.8, 4) is 17.0 Å². The molecular weight excluding hydrogens is 437 g/mol. The monoisotopic (exact) mass is 448 g/mol. The highest BCUT2D eigenvalue weighted by molar-refractivity contribution is 9.10. The van der Waals surface area contributed by atoms with E-state index in [-0.39, 0.29) is 11.4 Å². The molecule has 2 aromatic heterocycles. The van der Waals surface area contributed by atoms with Gasteiger partial charge in [0.1, 0.15) is 17.3 Å². The van der Waals surface area contributed by atoms with Gasteiger partial charge < -0.3 is 10.4 Å². The molecule has 2 aromatic carbocycles. The molecule has 142 valence electrons. The Morgan fingerprint density at radius 1 is 1.11 bits per heavy atom.